The van der Waals surface area contributed by atoms with Crippen molar-refractivity contribution in [2.45, 2.75) is 24.4 Å². The predicted octanol–water partition coefficient (Wildman–Crippen LogP) is 1.97. The van der Waals surface area contributed by atoms with Crippen molar-refractivity contribution in [1.82, 2.24) is 5.32 Å². The topological polar surface area (TPSA) is 95.1 Å². The molecule has 0 unspecified atom stereocenters. The Labute approximate surface area is 168 Å². The van der Waals surface area contributed by atoms with Crippen LogP contribution in [0.4, 0.5) is 10.5 Å². The second kappa shape index (κ2) is 8.93. The molecule has 2 saturated heterocycles. The van der Waals surface area contributed by atoms with Gasteiger partial charge in [0.1, 0.15) is 18.0 Å². The van der Waals surface area contributed by atoms with E-state index in [1.165, 1.54) is 0 Å². The number of ether oxygens (including phenoxy) is 4. The van der Waals surface area contributed by atoms with E-state index in [9.17, 15) is 9.59 Å². The molecule has 0 aliphatic carbocycles. The number of anilines is 1. The summed E-state index contributed by atoms with van der Waals surface area (Å²) >= 11 is 0. The molecule has 0 aromatic heterocycles. The quantitative estimate of drug-likeness (QED) is 0.773. The second-order valence-electron chi connectivity index (χ2n) is 6.81. The highest BCUT2D eigenvalue weighted by Gasteiger charge is 2.50. The smallest absolute Gasteiger partial charge is 0.412 e. The van der Waals surface area contributed by atoms with Gasteiger partial charge in [0, 0.05) is 5.69 Å². The largest absolute Gasteiger partial charge is 0.484 e. The monoisotopic (exact) mass is 398 g/mol. The summed E-state index contributed by atoms with van der Waals surface area (Å²) in [5, 5.41) is 5.53. The molecule has 2 aliphatic rings. The number of benzene rings is 2. The zero-order chi connectivity index (χ0) is 20.1. The van der Waals surface area contributed by atoms with E-state index in [2.05, 4.69) is 10.6 Å². The highest BCUT2D eigenvalue weighted by Crippen LogP contribution is 2.29. The van der Waals surface area contributed by atoms with Crippen molar-refractivity contribution >= 4 is 17.7 Å². The fourth-order valence-corrected chi connectivity index (χ4v) is 3.41. The van der Waals surface area contributed by atoms with E-state index in [-0.39, 0.29) is 37.9 Å². The number of hydrogen-bond donors (Lipinski definition) is 2. The highest BCUT2D eigenvalue weighted by atomic mass is 16.6. The van der Waals surface area contributed by atoms with Crippen LogP contribution in [-0.4, -0.2) is 56.2 Å². The van der Waals surface area contributed by atoms with E-state index in [0.29, 0.717) is 11.4 Å². The van der Waals surface area contributed by atoms with Gasteiger partial charge in [0.2, 0.25) is 0 Å². The Bertz CT molecular complexity index is 832. The van der Waals surface area contributed by atoms with Crippen molar-refractivity contribution in [3.63, 3.8) is 0 Å². The van der Waals surface area contributed by atoms with Gasteiger partial charge in [-0.25, -0.2) is 4.79 Å². The number of nitrogens with one attached hydrogen (secondary N) is 2. The van der Waals surface area contributed by atoms with Crippen LogP contribution in [0.5, 0.6) is 5.75 Å². The van der Waals surface area contributed by atoms with Gasteiger partial charge in [-0.3, -0.25) is 10.1 Å². The summed E-state index contributed by atoms with van der Waals surface area (Å²) < 4.78 is 22.4. The molecular formula is C21H22N2O6. The first-order valence-electron chi connectivity index (χ1n) is 9.42. The Morgan fingerprint density at radius 1 is 0.931 bits per heavy atom. The molecule has 2 heterocycles. The van der Waals surface area contributed by atoms with Gasteiger partial charge in [0.25, 0.3) is 5.91 Å². The standard InChI is InChI=1S/C21H22N2O6/c24-18(13-26-15-9-5-2-6-10-15)23-16-11-27-20-17(12-28-19(16)20)29-21(25)22-14-7-3-1-4-8-14/h1-10,16-17,19-20H,11-13H2,(H,22,25)(H,23,24)/t16-,17+,19+,20+/m0/s1. The van der Waals surface area contributed by atoms with E-state index >= 15 is 0 Å². The Morgan fingerprint density at radius 2 is 1.62 bits per heavy atom. The Balaban J connectivity index is 1.24. The van der Waals surface area contributed by atoms with Crippen LogP contribution >= 0.6 is 0 Å². The molecule has 2 amide bonds. The molecule has 29 heavy (non-hydrogen) atoms. The minimum absolute atomic E-state index is 0.0999. The Morgan fingerprint density at radius 3 is 2.38 bits per heavy atom. The molecular weight excluding hydrogens is 376 g/mol. The average molecular weight is 398 g/mol. The first-order valence-corrected chi connectivity index (χ1v) is 9.42. The molecule has 0 saturated carbocycles. The number of hydrogen-bond acceptors (Lipinski definition) is 6. The fraction of sp³-hybridized carbons (Fsp3) is 0.333. The fourth-order valence-electron chi connectivity index (χ4n) is 3.41. The lowest BCUT2D eigenvalue weighted by Crippen LogP contribution is -2.46. The molecule has 0 radical (unpaired) electrons. The number of carbonyl (C=O) groups is 2. The summed E-state index contributed by atoms with van der Waals surface area (Å²) in [4.78, 5) is 24.3. The molecule has 2 fully saturated rings. The van der Waals surface area contributed by atoms with Crippen molar-refractivity contribution in [1.29, 1.82) is 0 Å². The number of amides is 2. The van der Waals surface area contributed by atoms with E-state index in [0.717, 1.165) is 0 Å². The molecule has 0 bridgehead atoms. The lowest BCUT2D eigenvalue weighted by Gasteiger charge is -2.18. The van der Waals surface area contributed by atoms with Crippen molar-refractivity contribution in [3.8, 4) is 5.75 Å². The molecule has 2 aromatic rings. The number of para-hydroxylation sites is 2. The van der Waals surface area contributed by atoms with Crippen LogP contribution in [-0.2, 0) is 19.0 Å². The van der Waals surface area contributed by atoms with Crippen molar-refractivity contribution in [2.75, 3.05) is 25.1 Å². The molecule has 152 valence electrons. The van der Waals surface area contributed by atoms with Crippen molar-refractivity contribution < 1.29 is 28.5 Å². The summed E-state index contributed by atoms with van der Waals surface area (Å²) in [6, 6.07) is 17.8. The lowest BCUT2D eigenvalue weighted by molar-refractivity contribution is -0.124. The molecule has 2 N–H and O–H groups in total. The minimum atomic E-state index is -0.571. The van der Waals surface area contributed by atoms with Gasteiger partial charge < -0.3 is 24.3 Å². The Hall–Kier alpha value is -3.10. The Kier molecular flexibility index (Phi) is 5.92. The number of fused-ring (bicyclic) bond motifs is 1. The van der Waals surface area contributed by atoms with Gasteiger partial charge in [-0.2, -0.15) is 0 Å². The highest BCUT2D eigenvalue weighted by molar-refractivity contribution is 5.84. The number of carbonyl (C=O) groups excluding carboxylic acids is 2. The van der Waals surface area contributed by atoms with E-state index in [1.54, 1.807) is 24.3 Å². The maximum atomic E-state index is 12.2. The zero-order valence-electron chi connectivity index (χ0n) is 15.7. The summed E-state index contributed by atoms with van der Waals surface area (Å²) in [6.07, 6.45) is -1.90. The summed E-state index contributed by atoms with van der Waals surface area (Å²) in [5.74, 6) is 0.357. The van der Waals surface area contributed by atoms with Gasteiger partial charge in [-0.05, 0) is 24.3 Å². The molecule has 8 heteroatoms. The minimum Gasteiger partial charge on any atom is -0.484 e. The molecule has 8 nitrogen and oxygen atoms in total. The van der Waals surface area contributed by atoms with Gasteiger partial charge in [-0.15, -0.1) is 0 Å². The first kappa shape index (κ1) is 19.2. The zero-order valence-corrected chi connectivity index (χ0v) is 15.7. The third-order valence-electron chi connectivity index (χ3n) is 4.75. The van der Waals surface area contributed by atoms with Crippen LogP contribution in [0, 0.1) is 0 Å². The third kappa shape index (κ3) is 4.85. The molecule has 4 rings (SSSR count). The van der Waals surface area contributed by atoms with Crippen LogP contribution in [0.25, 0.3) is 0 Å². The van der Waals surface area contributed by atoms with Gasteiger partial charge in [0.05, 0.1) is 19.3 Å². The average Bonchev–Trinajstić information content (AvgIpc) is 3.31. The number of rotatable bonds is 6. The summed E-state index contributed by atoms with van der Waals surface area (Å²) in [7, 11) is 0. The van der Waals surface area contributed by atoms with Crippen LogP contribution in [0.15, 0.2) is 60.7 Å². The van der Waals surface area contributed by atoms with Crippen LogP contribution in [0.1, 0.15) is 0 Å². The lowest BCUT2D eigenvalue weighted by atomic mass is 10.1. The molecule has 0 spiro atoms. The van der Waals surface area contributed by atoms with Gasteiger partial charge in [0.15, 0.2) is 12.7 Å². The first-order chi connectivity index (χ1) is 14.2. The van der Waals surface area contributed by atoms with Crippen molar-refractivity contribution in [3.05, 3.63) is 60.7 Å². The van der Waals surface area contributed by atoms with E-state index in [4.69, 9.17) is 18.9 Å². The summed E-state index contributed by atoms with van der Waals surface area (Å²) in [6.45, 7) is 0.397. The predicted molar refractivity (Wildman–Crippen MR) is 104 cm³/mol. The van der Waals surface area contributed by atoms with Gasteiger partial charge in [-0.1, -0.05) is 36.4 Å². The molecule has 2 aromatic carbocycles. The second-order valence-corrected chi connectivity index (χ2v) is 6.81. The van der Waals surface area contributed by atoms with Crippen molar-refractivity contribution in [2.24, 2.45) is 0 Å². The third-order valence-corrected chi connectivity index (χ3v) is 4.75. The maximum absolute atomic E-state index is 12.2. The van der Waals surface area contributed by atoms with E-state index < -0.39 is 18.3 Å². The SMILES string of the molecule is O=C(COc1ccccc1)N[C@H]1CO[C@H]2[C@@H]1OC[C@H]2OC(=O)Nc1ccccc1. The summed E-state index contributed by atoms with van der Waals surface area (Å²) in [5.41, 5.74) is 0.642. The molecule has 4 atom stereocenters. The van der Waals surface area contributed by atoms with Gasteiger partial charge >= 0.3 is 6.09 Å². The van der Waals surface area contributed by atoms with Crippen LogP contribution in [0.3, 0.4) is 0 Å². The van der Waals surface area contributed by atoms with E-state index in [1.807, 2.05) is 36.4 Å². The van der Waals surface area contributed by atoms with Crippen LogP contribution in [0.2, 0.25) is 0 Å². The molecule has 2 aliphatic heterocycles. The maximum Gasteiger partial charge on any atom is 0.412 e. The van der Waals surface area contributed by atoms with Crippen LogP contribution < -0.4 is 15.4 Å². The normalized spacial score (nSPS) is 25.1.